The molecule has 0 saturated carbocycles. The van der Waals surface area contributed by atoms with E-state index in [0.29, 0.717) is 17.3 Å². The number of fused-ring (bicyclic) bond motifs is 2. The van der Waals surface area contributed by atoms with Crippen LogP contribution in [0.25, 0.3) is 31.7 Å². The average Bonchev–Trinajstić information content (AvgIpc) is 3.42. The van der Waals surface area contributed by atoms with Crippen LogP contribution in [0.15, 0.2) is 66.0 Å². The van der Waals surface area contributed by atoms with E-state index in [2.05, 4.69) is 10.3 Å². The number of pyridine rings is 1. The molecule has 0 fully saturated rings. The standard InChI is InChI=1S/C23H17N3O2S2/c1-2-28-14-9-10-18-21(12-14)30-23(25-18)26-22(27)16-13-19(20-8-5-11-29-20)24-17-7-4-3-6-15(16)17/h3-13H,2H2,1H3,(H,25,26,27). The smallest absolute Gasteiger partial charge is 0.258 e. The summed E-state index contributed by atoms with van der Waals surface area (Å²) in [7, 11) is 0. The molecule has 0 aliphatic carbocycles. The fraction of sp³-hybridized carbons (Fsp3) is 0.0870. The zero-order valence-corrected chi connectivity index (χ0v) is 17.7. The first-order chi connectivity index (χ1) is 14.7. The minimum atomic E-state index is -0.199. The van der Waals surface area contributed by atoms with Crippen LogP contribution in [0.3, 0.4) is 0 Å². The Hall–Kier alpha value is -3.29. The Bertz CT molecular complexity index is 1360. The maximum absolute atomic E-state index is 13.2. The first-order valence-corrected chi connectivity index (χ1v) is 11.2. The van der Waals surface area contributed by atoms with Crippen molar-refractivity contribution in [1.29, 1.82) is 0 Å². The van der Waals surface area contributed by atoms with Gasteiger partial charge in [-0.2, -0.15) is 0 Å². The summed E-state index contributed by atoms with van der Waals surface area (Å²) in [4.78, 5) is 23.5. The van der Waals surface area contributed by atoms with Gasteiger partial charge in [-0.25, -0.2) is 9.97 Å². The second-order valence-electron chi connectivity index (χ2n) is 6.59. The number of aromatic nitrogens is 2. The van der Waals surface area contributed by atoms with Crippen molar-refractivity contribution in [3.8, 4) is 16.3 Å². The van der Waals surface area contributed by atoms with Gasteiger partial charge in [-0.3, -0.25) is 10.1 Å². The summed E-state index contributed by atoms with van der Waals surface area (Å²) in [6, 6.07) is 19.3. The van der Waals surface area contributed by atoms with Gasteiger partial charge in [0.25, 0.3) is 5.91 Å². The van der Waals surface area contributed by atoms with E-state index in [1.54, 1.807) is 11.3 Å². The van der Waals surface area contributed by atoms with Crippen LogP contribution >= 0.6 is 22.7 Å². The van der Waals surface area contributed by atoms with Gasteiger partial charge in [0.1, 0.15) is 5.75 Å². The highest BCUT2D eigenvalue weighted by Crippen LogP contribution is 2.31. The molecule has 5 nitrogen and oxygen atoms in total. The van der Waals surface area contributed by atoms with Crippen LogP contribution < -0.4 is 10.1 Å². The number of nitrogens with one attached hydrogen (secondary N) is 1. The normalized spacial score (nSPS) is 11.1. The lowest BCUT2D eigenvalue weighted by molar-refractivity contribution is 0.102. The summed E-state index contributed by atoms with van der Waals surface area (Å²) >= 11 is 3.03. The molecule has 3 aromatic heterocycles. The Morgan fingerprint density at radius 1 is 1.03 bits per heavy atom. The Morgan fingerprint density at radius 2 is 1.93 bits per heavy atom. The van der Waals surface area contributed by atoms with Gasteiger partial charge in [0, 0.05) is 5.39 Å². The first-order valence-electron chi connectivity index (χ1n) is 9.49. The van der Waals surface area contributed by atoms with Crippen LogP contribution in [-0.2, 0) is 0 Å². The molecule has 2 aromatic carbocycles. The number of amides is 1. The third-order valence-electron chi connectivity index (χ3n) is 4.63. The van der Waals surface area contributed by atoms with Crippen molar-refractivity contribution >= 4 is 54.8 Å². The predicted molar refractivity (Wildman–Crippen MR) is 124 cm³/mol. The quantitative estimate of drug-likeness (QED) is 0.359. The van der Waals surface area contributed by atoms with Crippen molar-refractivity contribution in [3.63, 3.8) is 0 Å². The molecule has 0 saturated heterocycles. The summed E-state index contributed by atoms with van der Waals surface area (Å²) in [5, 5.41) is 6.34. The van der Waals surface area contributed by atoms with E-state index in [-0.39, 0.29) is 5.91 Å². The van der Waals surface area contributed by atoms with Gasteiger partial charge in [-0.1, -0.05) is 35.6 Å². The van der Waals surface area contributed by atoms with Gasteiger partial charge < -0.3 is 4.74 Å². The molecule has 0 unspecified atom stereocenters. The predicted octanol–water partition coefficient (Wildman–Crippen LogP) is 6.22. The molecule has 0 atom stereocenters. The SMILES string of the molecule is CCOc1ccc2nc(NC(=O)c3cc(-c4cccs4)nc4ccccc34)sc2c1. The molecular weight excluding hydrogens is 414 g/mol. The molecule has 1 N–H and O–H groups in total. The molecule has 0 radical (unpaired) electrons. The van der Waals surface area contributed by atoms with Crippen molar-refractivity contribution in [3.05, 3.63) is 71.6 Å². The Balaban J connectivity index is 1.52. The average molecular weight is 432 g/mol. The summed E-state index contributed by atoms with van der Waals surface area (Å²) in [6.07, 6.45) is 0. The molecule has 30 heavy (non-hydrogen) atoms. The van der Waals surface area contributed by atoms with Crippen LogP contribution in [0, 0.1) is 0 Å². The largest absolute Gasteiger partial charge is 0.494 e. The molecule has 5 aromatic rings. The monoisotopic (exact) mass is 431 g/mol. The van der Waals surface area contributed by atoms with Crippen molar-refractivity contribution < 1.29 is 9.53 Å². The Kier molecular flexibility index (Phi) is 4.90. The van der Waals surface area contributed by atoms with Gasteiger partial charge >= 0.3 is 0 Å². The number of rotatable bonds is 5. The van der Waals surface area contributed by atoms with E-state index in [1.165, 1.54) is 11.3 Å². The molecule has 0 bridgehead atoms. The van der Waals surface area contributed by atoms with Crippen LogP contribution in [-0.4, -0.2) is 22.5 Å². The minimum absolute atomic E-state index is 0.199. The number of para-hydroxylation sites is 1. The molecule has 3 heterocycles. The van der Waals surface area contributed by atoms with Crippen LogP contribution in [0.4, 0.5) is 5.13 Å². The van der Waals surface area contributed by atoms with Gasteiger partial charge in [-0.05, 0) is 48.7 Å². The van der Waals surface area contributed by atoms with Crippen LogP contribution in [0.2, 0.25) is 0 Å². The lowest BCUT2D eigenvalue weighted by Gasteiger charge is -2.08. The van der Waals surface area contributed by atoms with Crippen LogP contribution in [0.5, 0.6) is 5.75 Å². The molecule has 148 valence electrons. The maximum atomic E-state index is 13.2. The van der Waals surface area contributed by atoms with Gasteiger partial charge in [0.15, 0.2) is 5.13 Å². The number of nitrogens with zero attached hydrogens (tertiary/aromatic N) is 2. The highest BCUT2D eigenvalue weighted by molar-refractivity contribution is 7.22. The fourth-order valence-corrected chi connectivity index (χ4v) is 4.87. The fourth-order valence-electron chi connectivity index (χ4n) is 3.29. The van der Waals surface area contributed by atoms with Crippen molar-refractivity contribution in [2.24, 2.45) is 0 Å². The Labute approximate surface area is 181 Å². The second-order valence-corrected chi connectivity index (χ2v) is 8.56. The summed E-state index contributed by atoms with van der Waals surface area (Å²) in [6.45, 7) is 2.56. The molecular formula is C23H17N3O2S2. The molecule has 5 rings (SSSR count). The van der Waals surface area contributed by atoms with Gasteiger partial charge in [-0.15, -0.1) is 11.3 Å². The zero-order chi connectivity index (χ0) is 20.5. The van der Waals surface area contributed by atoms with E-state index in [1.807, 2.05) is 73.0 Å². The lowest BCUT2D eigenvalue weighted by atomic mass is 10.1. The number of hydrogen-bond acceptors (Lipinski definition) is 6. The minimum Gasteiger partial charge on any atom is -0.494 e. The second kappa shape index (κ2) is 7.85. The highest BCUT2D eigenvalue weighted by Gasteiger charge is 2.16. The number of carbonyl (C=O) groups is 1. The summed E-state index contributed by atoms with van der Waals surface area (Å²) in [5.74, 6) is 0.600. The van der Waals surface area contributed by atoms with E-state index in [9.17, 15) is 4.79 Å². The molecule has 0 aliphatic heterocycles. The van der Waals surface area contributed by atoms with Gasteiger partial charge in [0.2, 0.25) is 0 Å². The number of ether oxygens (including phenoxy) is 1. The third-order valence-corrected chi connectivity index (χ3v) is 6.45. The third kappa shape index (κ3) is 3.53. The maximum Gasteiger partial charge on any atom is 0.258 e. The van der Waals surface area contributed by atoms with E-state index >= 15 is 0 Å². The number of thiazole rings is 1. The van der Waals surface area contributed by atoms with Crippen molar-refractivity contribution in [2.75, 3.05) is 11.9 Å². The highest BCUT2D eigenvalue weighted by atomic mass is 32.1. The van der Waals surface area contributed by atoms with E-state index in [4.69, 9.17) is 9.72 Å². The zero-order valence-electron chi connectivity index (χ0n) is 16.1. The molecule has 0 aliphatic rings. The number of benzene rings is 2. The Morgan fingerprint density at radius 3 is 2.77 bits per heavy atom. The number of anilines is 1. The summed E-state index contributed by atoms with van der Waals surface area (Å²) < 4.78 is 6.52. The molecule has 0 spiro atoms. The molecule has 1 amide bonds. The molecule has 7 heteroatoms. The first kappa shape index (κ1) is 18.7. The number of thiophene rings is 1. The lowest BCUT2D eigenvalue weighted by Crippen LogP contribution is -2.12. The number of carbonyl (C=O) groups excluding carboxylic acids is 1. The topological polar surface area (TPSA) is 64.1 Å². The van der Waals surface area contributed by atoms with Crippen molar-refractivity contribution in [1.82, 2.24) is 9.97 Å². The summed E-state index contributed by atoms with van der Waals surface area (Å²) in [5.41, 5.74) is 2.99. The van der Waals surface area contributed by atoms with E-state index < -0.39 is 0 Å². The van der Waals surface area contributed by atoms with Crippen LogP contribution in [0.1, 0.15) is 17.3 Å². The van der Waals surface area contributed by atoms with Crippen molar-refractivity contribution in [2.45, 2.75) is 6.92 Å². The van der Waals surface area contributed by atoms with Gasteiger partial charge in [0.05, 0.1) is 38.5 Å². The number of hydrogen-bond donors (Lipinski definition) is 1. The van der Waals surface area contributed by atoms with E-state index in [0.717, 1.165) is 37.4 Å².